The molecule has 0 heterocycles. The molecule has 0 aliphatic heterocycles. The van der Waals surface area contributed by atoms with Gasteiger partial charge in [-0.05, 0) is 11.3 Å². The fourth-order valence-corrected chi connectivity index (χ4v) is 0.892. The summed E-state index contributed by atoms with van der Waals surface area (Å²) >= 11 is 0. The second kappa shape index (κ2) is 4.44. The van der Waals surface area contributed by atoms with E-state index in [4.69, 9.17) is 0 Å². The molecule has 0 N–H and O–H groups in total. The Morgan fingerprint density at radius 3 is 2.33 bits per heavy atom. The zero-order valence-corrected chi connectivity index (χ0v) is 8.68. The van der Waals surface area contributed by atoms with Crippen molar-refractivity contribution in [2.24, 2.45) is 11.3 Å². The number of hydrogen-bond acceptors (Lipinski definition) is 1. The van der Waals surface area contributed by atoms with Crippen molar-refractivity contribution < 1.29 is 4.79 Å². The molecular weight excluding hydrogens is 148 g/mol. The number of Topliss-reactive ketones (excluding diaryl/α,β-unsaturated/α-hetero) is 1. The number of rotatable bonds is 4. The number of ketones is 1. The molecule has 0 saturated heterocycles. The molecule has 0 saturated carbocycles. The number of allylic oxidation sites excluding steroid dienone is 1. The van der Waals surface area contributed by atoms with Crippen molar-refractivity contribution in [1.82, 2.24) is 0 Å². The SMILES string of the molecule is C=CCC(=O)CC(C)C(C)(C)C. The summed E-state index contributed by atoms with van der Waals surface area (Å²) in [5.41, 5.74) is 0.233. The van der Waals surface area contributed by atoms with Crippen LogP contribution in [0.3, 0.4) is 0 Å². The number of carbonyl (C=O) groups is 1. The fourth-order valence-electron chi connectivity index (χ4n) is 0.892. The molecule has 0 radical (unpaired) electrons. The zero-order valence-electron chi connectivity index (χ0n) is 8.68. The maximum absolute atomic E-state index is 11.2. The van der Waals surface area contributed by atoms with Crippen LogP contribution in [0.4, 0.5) is 0 Å². The maximum Gasteiger partial charge on any atom is 0.136 e. The van der Waals surface area contributed by atoms with Crippen LogP contribution in [-0.4, -0.2) is 5.78 Å². The van der Waals surface area contributed by atoms with Crippen LogP contribution in [0.2, 0.25) is 0 Å². The summed E-state index contributed by atoms with van der Waals surface area (Å²) in [6, 6.07) is 0. The topological polar surface area (TPSA) is 17.1 Å². The molecular formula is C11H20O. The van der Waals surface area contributed by atoms with E-state index in [1.807, 2.05) is 0 Å². The van der Waals surface area contributed by atoms with Gasteiger partial charge in [-0.15, -0.1) is 6.58 Å². The van der Waals surface area contributed by atoms with Crippen LogP contribution >= 0.6 is 0 Å². The van der Waals surface area contributed by atoms with Crippen LogP contribution in [0.5, 0.6) is 0 Å². The van der Waals surface area contributed by atoms with Gasteiger partial charge in [0.05, 0.1) is 0 Å². The summed E-state index contributed by atoms with van der Waals surface area (Å²) in [4.78, 5) is 11.2. The third-order valence-corrected chi connectivity index (χ3v) is 2.38. The van der Waals surface area contributed by atoms with E-state index in [-0.39, 0.29) is 5.41 Å². The van der Waals surface area contributed by atoms with Crippen LogP contribution in [0, 0.1) is 11.3 Å². The minimum Gasteiger partial charge on any atom is -0.299 e. The highest BCUT2D eigenvalue weighted by Gasteiger charge is 2.21. The zero-order chi connectivity index (χ0) is 9.78. The molecule has 1 nitrogen and oxygen atoms in total. The second-order valence-corrected chi connectivity index (χ2v) is 4.50. The molecule has 0 aliphatic carbocycles. The Kier molecular flexibility index (Phi) is 4.22. The van der Waals surface area contributed by atoms with E-state index < -0.39 is 0 Å². The summed E-state index contributed by atoms with van der Waals surface area (Å²) in [5.74, 6) is 0.748. The third kappa shape index (κ3) is 4.32. The molecule has 1 atom stereocenters. The van der Waals surface area contributed by atoms with Crippen LogP contribution in [0.25, 0.3) is 0 Å². The largest absolute Gasteiger partial charge is 0.299 e. The van der Waals surface area contributed by atoms with Gasteiger partial charge in [0.25, 0.3) is 0 Å². The summed E-state index contributed by atoms with van der Waals surface area (Å²) in [6.07, 6.45) is 2.87. The summed E-state index contributed by atoms with van der Waals surface area (Å²) in [6.45, 7) is 12.2. The fraction of sp³-hybridized carbons (Fsp3) is 0.727. The Balaban J connectivity index is 3.92. The summed E-state index contributed by atoms with van der Waals surface area (Å²) in [7, 11) is 0. The van der Waals surface area contributed by atoms with Crippen LogP contribution in [-0.2, 0) is 4.79 Å². The third-order valence-electron chi connectivity index (χ3n) is 2.38. The van der Waals surface area contributed by atoms with Crippen LogP contribution in [0.1, 0.15) is 40.5 Å². The predicted molar refractivity (Wildman–Crippen MR) is 53.1 cm³/mol. The monoisotopic (exact) mass is 168 g/mol. The average molecular weight is 168 g/mol. The van der Waals surface area contributed by atoms with Gasteiger partial charge < -0.3 is 0 Å². The van der Waals surface area contributed by atoms with Crippen molar-refractivity contribution in [2.75, 3.05) is 0 Å². The van der Waals surface area contributed by atoms with E-state index >= 15 is 0 Å². The van der Waals surface area contributed by atoms with E-state index in [9.17, 15) is 4.79 Å². The van der Waals surface area contributed by atoms with Crippen molar-refractivity contribution in [2.45, 2.75) is 40.5 Å². The van der Waals surface area contributed by atoms with Crippen molar-refractivity contribution in [1.29, 1.82) is 0 Å². The Morgan fingerprint density at radius 2 is 2.00 bits per heavy atom. The lowest BCUT2D eigenvalue weighted by molar-refractivity contribution is -0.119. The van der Waals surface area contributed by atoms with Gasteiger partial charge in [0.1, 0.15) is 5.78 Å². The van der Waals surface area contributed by atoms with Crippen molar-refractivity contribution in [3.05, 3.63) is 12.7 Å². The van der Waals surface area contributed by atoms with E-state index in [1.54, 1.807) is 6.08 Å². The number of carbonyl (C=O) groups excluding carboxylic acids is 1. The first-order valence-electron chi connectivity index (χ1n) is 4.50. The molecule has 0 aromatic heterocycles. The van der Waals surface area contributed by atoms with Crippen LogP contribution in [0.15, 0.2) is 12.7 Å². The molecule has 0 rings (SSSR count). The Bertz CT molecular complexity index is 162. The van der Waals surface area contributed by atoms with E-state index in [1.165, 1.54) is 0 Å². The molecule has 0 bridgehead atoms. The predicted octanol–water partition coefficient (Wildman–Crippen LogP) is 3.20. The second-order valence-electron chi connectivity index (χ2n) is 4.50. The Hall–Kier alpha value is -0.590. The Labute approximate surface area is 75.9 Å². The molecule has 0 amide bonds. The lowest BCUT2D eigenvalue weighted by Crippen LogP contribution is -2.20. The van der Waals surface area contributed by atoms with Gasteiger partial charge in [-0.1, -0.05) is 33.8 Å². The smallest absolute Gasteiger partial charge is 0.136 e. The van der Waals surface area contributed by atoms with Gasteiger partial charge in [0.2, 0.25) is 0 Å². The minimum absolute atomic E-state index is 0.233. The van der Waals surface area contributed by atoms with E-state index in [0.29, 0.717) is 24.5 Å². The highest BCUT2D eigenvalue weighted by molar-refractivity contribution is 5.79. The van der Waals surface area contributed by atoms with E-state index in [2.05, 4.69) is 34.3 Å². The molecule has 0 spiro atoms. The van der Waals surface area contributed by atoms with E-state index in [0.717, 1.165) is 0 Å². The van der Waals surface area contributed by atoms with Gasteiger partial charge in [-0.2, -0.15) is 0 Å². The summed E-state index contributed by atoms with van der Waals surface area (Å²) in [5, 5.41) is 0. The molecule has 1 unspecified atom stereocenters. The molecule has 1 heteroatoms. The van der Waals surface area contributed by atoms with Crippen LogP contribution < -0.4 is 0 Å². The van der Waals surface area contributed by atoms with Gasteiger partial charge in [-0.3, -0.25) is 4.79 Å². The molecule has 70 valence electrons. The Morgan fingerprint density at radius 1 is 1.50 bits per heavy atom. The lowest BCUT2D eigenvalue weighted by Gasteiger charge is -2.26. The van der Waals surface area contributed by atoms with Crippen molar-refractivity contribution in [3.8, 4) is 0 Å². The molecule has 12 heavy (non-hydrogen) atoms. The minimum atomic E-state index is 0.233. The quantitative estimate of drug-likeness (QED) is 0.589. The summed E-state index contributed by atoms with van der Waals surface area (Å²) < 4.78 is 0. The van der Waals surface area contributed by atoms with Crippen molar-refractivity contribution in [3.63, 3.8) is 0 Å². The maximum atomic E-state index is 11.2. The molecule has 0 aromatic carbocycles. The molecule has 0 aliphatic rings. The van der Waals surface area contributed by atoms with Crippen molar-refractivity contribution >= 4 is 5.78 Å². The lowest BCUT2D eigenvalue weighted by atomic mass is 9.79. The van der Waals surface area contributed by atoms with Gasteiger partial charge >= 0.3 is 0 Å². The molecule has 0 fully saturated rings. The standard InChI is InChI=1S/C11H20O/c1-6-7-10(12)8-9(2)11(3,4)5/h6,9H,1,7-8H2,2-5H3. The highest BCUT2D eigenvalue weighted by atomic mass is 16.1. The first kappa shape index (κ1) is 11.4. The number of hydrogen-bond donors (Lipinski definition) is 0. The molecule has 0 aromatic rings. The van der Waals surface area contributed by atoms with Gasteiger partial charge in [0, 0.05) is 12.8 Å². The first-order chi connectivity index (χ1) is 5.38. The first-order valence-corrected chi connectivity index (χ1v) is 4.50. The van der Waals surface area contributed by atoms with Gasteiger partial charge in [0.15, 0.2) is 0 Å². The average Bonchev–Trinajstić information content (AvgIpc) is 1.85. The highest BCUT2D eigenvalue weighted by Crippen LogP contribution is 2.28. The van der Waals surface area contributed by atoms with Gasteiger partial charge in [-0.25, -0.2) is 0 Å². The normalized spacial score (nSPS) is 14.0.